The van der Waals surface area contributed by atoms with Crippen LogP contribution in [0.25, 0.3) is 0 Å². The van der Waals surface area contributed by atoms with E-state index in [2.05, 4.69) is 20.7 Å². The van der Waals surface area contributed by atoms with Crippen molar-refractivity contribution in [1.82, 2.24) is 9.97 Å². The van der Waals surface area contributed by atoms with Gasteiger partial charge in [0.15, 0.2) is 5.96 Å². The van der Waals surface area contributed by atoms with Crippen LogP contribution in [-0.2, 0) is 32.0 Å². The number of hydrogen-bond acceptors (Lipinski definition) is 10. The van der Waals surface area contributed by atoms with Gasteiger partial charge in [-0.3, -0.25) is 24.2 Å². The summed E-state index contributed by atoms with van der Waals surface area (Å²) in [7, 11) is 0. The van der Waals surface area contributed by atoms with E-state index in [9.17, 15) is 19.2 Å². The summed E-state index contributed by atoms with van der Waals surface area (Å²) in [5.74, 6) is -3.91. The number of carboxylic acid groups (broad SMARTS) is 4. The van der Waals surface area contributed by atoms with Crippen LogP contribution in [0.15, 0.2) is 47.8 Å². The van der Waals surface area contributed by atoms with Gasteiger partial charge in [0.25, 0.3) is 0 Å². The maximum absolute atomic E-state index is 10.4. The Hall–Kier alpha value is -4.58. The average molecular weight is 570 g/mol. The molecule has 0 amide bonds. The number of benzene rings is 1. The molecule has 2 rings (SSSR count). The zero-order chi connectivity index (χ0) is 31.1. The zero-order valence-corrected chi connectivity index (χ0v) is 21.8. The number of aliphatic imine (C=N–C) groups is 1. The van der Waals surface area contributed by atoms with Crippen LogP contribution in [0.2, 0.25) is 0 Å². The highest BCUT2D eigenvalue weighted by molar-refractivity contribution is 5.75. The fourth-order valence-electron chi connectivity index (χ4n) is 2.32. The second kappa shape index (κ2) is 22.4. The third-order valence-corrected chi connectivity index (χ3v) is 4.39. The normalized spacial score (nSPS) is 11.8. The van der Waals surface area contributed by atoms with E-state index in [0.29, 0.717) is 25.8 Å². The molecular formula is C23H39N9O8. The van der Waals surface area contributed by atoms with E-state index < -0.39 is 42.0 Å². The molecule has 40 heavy (non-hydrogen) atoms. The molecule has 1 aromatic heterocycles. The molecule has 3 unspecified atom stereocenters. The fourth-order valence-corrected chi connectivity index (χ4v) is 2.32. The number of H-pyrrole nitrogens is 1. The lowest BCUT2D eigenvalue weighted by atomic mass is 10.1. The monoisotopic (exact) mass is 569 g/mol. The van der Waals surface area contributed by atoms with Gasteiger partial charge in [0, 0.05) is 24.9 Å². The van der Waals surface area contributed by atoms with Crippen LogP contribution in [0.3, 0.4) is 0 Å². The fraction of sp³-hybridized carbons (Fsp3) is 0.391. The number of nitrogens with two attached hydrogens (primary N) is 6. The topological polar surface area (TPSA) is 346 Å². The van der Waals surface area contributed by atoms with Crippen molar-refractivity contribution < 1.29 is 39.6 Å². The molecule has 1 heterocycles. The highest BCUT2D eigenvalue weighted by Gasteiger charge is 2.12. The maximum atomic E-state index is 10.4. The summed E-state index contributed by atoms with van der Waals surface area (Å²) in [6.45, 7) is 0.142. The molecule has 0 spiro atoms. The van der Waals surface area contributed by atoms with Gasteiger partial charge in [0.1, 0.15) is 18.1 Å². The lowest BCUT2D eigenvalue weighted by molar-refractivity contribution is -0.139. The number of rotatable bonds is 12. The predicted octanol–water partition coefficient (Wildman–Crippen LogP) is -2.51. The van der Waals surface area contributed by atoms with Crippen LogP contribution in [0.4, 0.5) is 0 Å². The molecule has 0 aliphatic carbocycles. The Labute approximate surface area is 230 Å². The molecule has 2 aromatic rings. The van der Waals surface area contributed by atoms with Crippen LogP contribution < -0.4 is 34.4 Å². The third-order valence-electron chi connectivity index (χ3n) is 4.39. The van der Waals surface area contributed by atoms with Crippen molar-refractivity contribution in [2.75, 3.05) is 13.1 Å². The first-order valence-corrected chi connectivity index (χ1v) is 11.6. The van der Waals surface area contributed by atoms with E-state index in [4.69, 9.17) is 49.1 Å². The van der Waals surface area contributed by atoms with E-state index in [-0.39, 0.29) is 18.9 Å². The lowest BCUT2D eigenvalue weighted by Gasteiger charge is -2.04. The van der Waals surface area contributed by atoms with Crippen molar-refractivity contribution in [3.63, 3.8) is 0 Å². The molecule has 0 radical (unpaired) electrons. The quantitative estimate of drug-likeness (QED) is 0.0713. The highest BCUT2D eigenvalue weighted by atomic mass is 16.4. The number of aromatic nitrogens is 2. The molecule has 0 saturated heterocycles. The maximum Gasteiger partial charge on any atom is 0.320 e. The Morgan fingerprint density at radius 3 is 1.75 bits per heavy atom. The zero-order valence-electron chi connectivity index (χ0n) is 21.8. The number of carboxylic acids is 4. The van der Waals surface area contributed by atoms with Gasteiger partial charge in [-0.1, -0.05) is 30.3 Å². The van der Waals surface area contributed by atoms with E-state index in [1.54, 1.807) is 6.20 Å². The van der Waals surface area contributed by atoms with Crippen molar-refractivity contribution in [2.45, 2.75) is 43.8 Å². The number of imidazole rings is 1. The number of aromatic amines is 1. The van der Waals surface area contributed by atoms with Crippen molar-refractivity contribution in [3.05, 3.63) is 54.1 Å². The summed E-state index contributed by atoms with van der Waals surface area (Å²) < 4.78 is 0. The SMILES string of the molecule is NC(Cc1ccccc1)C(=O)O.NC(Cc1cnc[nH]1)C(=O)O.NC(N)=NCCCC(N)C(=O)O.NCC(=O)O. The molecule has 224 valence electrons. The van der Waals surface area contributed by atoms with Crippen LogP contribution in [0.1, 0.15) is 24.1 Å². The largest absolute Gasteiger partial charge is 0.480 e. The standard InChI is InChI=1S/C9H11NO2.C6H14N4O2.C6H9N3O2.C2H5NO2/c10-8(9(11)12)6-7-4-2-1-3-5-7;7-4(5(11)12)2-1-3-10-6(8)9;7-5(6(10)11)1-4-2-8-3-9-4;3-1-2(4)5/h1-5,8H,6,10H2,(H,11,12);4H,1-3,7H2,(H,11,12)(H4,8,9,10);2-3,5H,1,7H2,(H,8,9)(H,10,11);1,3H2,(H,4,5). The van der Waals surface area contributed by atoms with Gasteiger partial charge in [-0.25, -0.2) is 4.98 Å². The Kier molecular flexibility index (Phi) is 21.0. The van der Waals surface area contributed by atoms with Gasteiger partial charge in [-0.05, 0) is 24.8 Å². The van der Waals surface area contributed by atoms with Crippen LogP contribution in [0.5, 0.6) is 0 Å². The summed E-state index contributed by atoms with van der Waals surface area (Å²) in [5, 5.41) is 32.9. The summed E-state index contributed by atoms with van der Waals surface area (Å²) >= 11 is 0. The van der Waals surface area contributed by atoms with Crippen molar-refractivity contribution in [1.29, 1.82) is 0 Å². The minimum atomic E-state index is -1.00. The van der Waals surface area contributed by atoms with Gasteiger partial charge in [-0.15, -0.1) is 0 Å². The first-order chi connectivity index (χ1) is 18.7. The number of aliphatic carboxylic acids is 4. The van der Waals surface area contributed by atoms with E-state index in [0.717, 1.165) is 11.3 Å². The third kappa shape index (κ3) is 22.6. The Morgan fingerprint density at radius 1 is 0.850 bits per heavy atom. The van der Waals surface area contributed by atoms with Gasteiger partial charge < -0.3 is 59.8 Å². The number of guanidine groups is 1. The van der Waals surface area contributed by atoms with E-state index in [1.165, 1.54) is 6.33 Å². The molecule has 0 bridgehead atoms. The first kappa shape index (κ1) is 37.6. The summed E-state index contributed by atoms with van der Waals surface area (Å²) in [5.41, 5.74) is 32.2. The summed E-state index contributed by atoms with van der Waals surface area (Å²) in [4.78, 5) is 50.3. The minimum absolute atomic E-state index is 0.0129. The van der Waals surface area contributed by atoms with Crippen molar-refractivity contribution in [2.24, 2.45) is 39.4 Å². The average Bonchev–Trinajstić information content (AvgIpc) is 3.41. The van der Waals surface area contributed by atoms with Crippen molar-refractivity contribution >= 4 is 29.8 Å². The molecule has 0 aliphatic rings. The Balaban J connectivity index is 0. The predicted molar refractivity (Wildman–Crippen MR) is 146 cm³/mol. The molecule has 0 fully saturated rings. The number of nitrogens with zero attached hydrogens (tertiary/aromatic N) is 2. The van der Waals surface area contributed by atoms with Gasteiger partial charge in [0.2, 0.25) is 0 Å². The smallest absolute Gasteiger partial charge is 0.320 e. The Bertz CT molecular complexity index is 1020. The lowest BCUT2D eigenvalue weighted by Crippen LogP contribution is -2.32. The second-order valence-electron chi connectivity index (χ2n) is 7.85. The second-order valence-corrected chi connectivity index (χ2v) is 7.85. The number of carbonyl (C=O) groups is 4. The summed E-state index contributed by atoms with van der Waals surface area (Å²) in [6, 6.07) is 6.87. The molecule has 3 atom stereocenters. The van der Waals surface area contributed by atoms with Gasteiger partial charge in [0.05, 0.1) is 12.9 Å². The van der Waals surface area contributed by atoms with Crippen molar-refractivity contribution in [3.8, 4) is 0 Å². The molecule has 0 aliphatic heterocycles. The van der Waals surface area contributed by atoms with E-state index >= 15 is 0 Å². The highest BCUT2D eigenvalue weighted by Crippen LogP contribution is 2.01. The van der Waals surface area contributed by atoms with E-state index in [1.807, 2.05) is 30.3 Å². The van der Waals surface area contributed by atoms with Gasteiger partial charge in [-0.2, -0.15) is 0 Å². The number of nitrogens with one attached hydrogen (secondary N) is 1. The van der Waals surface area contributed by atoms with Gasteiger partial charge >= 0.3 is 23.9 Å². The minimum Gasteiger partial charge on any atom is -0.480 e. The molecule has 17 heteroatoms. The molecule has 1 aromatic carbocycles. The molecule has 17 nitrogen and oxygen atoms in total. The first-order valence-electron chi connectivity index (χ1n) is 11.6. The van der Waals surface area contributed by atoms with Crippen LogP contribution >= 0.6 is 0 Å². The molecule has 17 N–H and O–H groups in total. The molecular weight excluding hydrogens is 530 g/mol. The number of hydrogen-bond donors (Lipinski definition) is 11. The molecule has 0 saturated carbocycles. The van der Waals surface area contributed by atoms with Crippen LogP contribution in [-0.4, -0.2) is 91.4 Å². The van der Waals surface area contributed by atoms with Crippen LogP contribution in [0, 0.1) is 0 Å². The summed E-state index contributed by atoms with van der Waals surface area (Å²) in [6.07, 6.45) is 4.68. The Morgan fingerprint density at radius 2 is 1.35 bits per heavy atom.